The summed E-state index contributed by atoms with van der Waals surface area (Å²) in [5.74, 6) is -5.04. The Labute approximate surface area is 140 Å². The van der Waals surface area contributed by atoms with Crippen LogP contribution in [0.15, 0.2) is 0 Å². The molecular weight excluding hydrogens is 301 g/mol. The number of unbranched alkanes of at least 4 members (excludes halogenated alkanes) is 13. The van der Waals surface area contributed by atoms with Crippen LogP contribution < -0.4 is 0 Å². The third kappa shape index (κ3) is 13.6. The van der Waals surface area contributed by atoms with Crippen molar-refractivity contribution >= 4 is 5.78 Å². The Hall–Kier alpha value is -0.540. The van der Waals surface area contributed by atoms with Gasteiger partial charge in [-0.1, -0.05) is 90.4 Å². The Morgan fingerprint density at radius 2 is 1.04 bits per heavy atom. The van der Waals surface area contributed by atoms with Gasteiger partial charge in [-0.15, -0.1) is 0 Å². The Balaban J connectivity index is 3.24. The minimum atomic E-state index is -3.47. The minimum Gasteiger partial charge on any atom is -0.290 e. The van der Waals surface area contributed by atoms with Gasteiger partial charge in [0.25, 0.3) is 0 Å². The highest BCUT2D eigenvalue weighted by Gasteiger charge is 2.37. The smallest absolute Gasteiger partial charge is 0.290 e. The van der Waals surface area contributed by atoms with E-state index in [1.807, 2.05) is 0 Å². The molecule has 0 aliphatic heterocycles. The lowest BCUT2D eigenvalue weighted by Crippen LogP contribution is -2.29. The van der Waals surface area contributed by atoms with Crippen molar-refractivity contribution in [2.24, 2.45) is 0 Å². The van der Waals surface area contributed by atoms with Gasteiger partial charge in [0, 0.05) is 6.42 Å². The van der Waals surface area contributed by atoms with Gasteiger partial charge in [0.15, 0.2) is 6.67 Å². The van der Waals surface area contributed by atoms with Crippen molar-refractivity contribution < 1.29 is 18.0 Å². The fraction of sp³-hybridized carbons (Fsp3) is 0.947. The fourth-order valence-corrected chi connectivity index (χ4v) is 2.78. The van der Waals surface area contributed by atoms with Gasteiger partial charge in [0.1, 0.15) is 0 Å². The molecule has 23 heavy (non-hydrogen) atoms. The molecule has 0 heterocycles. The van der Waals surface area contributed by atoms with E-state index in [1.165, 1.54) is 57.8 Å². The van der Waals surface area contributed by atoms with E-state index in [0.29, 0.717) is 12.8 Å². The summed E-state index contributed by atoms with van der Waals surface area (Å²) >= 11 is 0. The largest absolute Gasteiger partial charge is 0.307 e. The van der Waals surface area contributed by atoms with Crippen LogP contribution in [0.4, 0.5) is 13.2 Å². The highest BCUT2D eigenvalue weighted by atomic mass is 19.3. The van der Waals surface area contributed by atoms with Crippen LogP contribution in [0, 0.1) is 0 Å². The molecule has 0 saturated carbocycles. The lowest BCUT2D eigenvalue weighted by Gasteiger charge is -2.12. The zero-order chi connectivity index (χ0) is 17.4. The number of alkyl halides is 3. The van der Waals surface area contributed by atoms with Crippen molar-refractivity contribution in [3.8, 4) is 0 Å². The molecule has 138 valence electrons. The fourth-order valence-electron chi connectivity index (χ4n) is 2.78. The van der Waals surface area contributed by atoms with Crippen LogP contribution in [0.2, 0.25) is 0 Å². The van der Waals surface area contributed by atoms with E-state index in [0.717, 1.165) is 19.3 Å². The van der Waals surface area contributed by atoms with Gasteiger partial charge in [-0.3, -0.25) is 4.79 Å². The molecule has 0 saturated heterocycles. The molecule has 1 nitrogen and oxygen atoms in total. The van der Waals surface area contributed by atoms with Gasteiger partial charge in [-0.25, -0.2) is 4.39 Å². The van der Waals surface area contributed by atoms with Crippen molar-refractivity contribution in [1.82, 2.24) is 0 Å². The second-order valence-electron chi connectivity index (χ2n) is 6.61. The summed E-state index contributed by atoms with van der Waals surface area (Å²) in [6, 6.07) is 0. The molecule has 0 N–H and O–H groups in total. The number of Topliss-reactive ketones (excluding diaryl/α,β-unsaturated/α-hetero) is 1. The van der Waals surface area contributed by atoms with Gasteiger partial charge in [0.05, 0.1) is 0 Å². The quantitative estimate of drug-likeness (QED) is 0.260. The second kappa shape index (κ2) is 15.0. The summed E-state index contributed by atoms with van der Waals surface area (Å²) in [5.41, 5.74) is 0. The molecule has 0 aliphatic carbocycles. The summed E-state index contributed by atoms with van der Waals surface area (Å²) in [7, 11) is 0. The number of halogens is 3. The summed E-state index contributed by atoms with van der Waals surface area (Å²) < 4.78 is 38.1. The van der Waals surface area contributed by atoms with E-state index < -0.39 is 24.8 Å². The van der Waals surface area contributed by atoms with E-state index in [-0.39, 0.29) is 0 Å². The second-order valence-corrected chi connectivity index (χ2v) is 6.61. The van der Waals surface area contributed by atoms with E-state index in [1.54, 1.807) is 0 Å². The van der Waals surface area contributed by atoms with E-state index in [4.69, 9.17) is 0 Å². The molecule has 0 bridgehead atoms. The van der Waals surface area contributed by atoms with Crippen LogP contribution in [0.3, 0.4) is 0 Å². The molecule has 0 amide bonds. The molecule has 4 heteroatoms. The number of ketones is 1. The van der Waals surface area contributed by atoms with Gasteiger partial charge in [0.2, 0.25) is 5.78 Å². The predicted molar refractivity (Wildman–Crippen MR) is 90.9 cm³/mol. The number of carbonyl (C=O) groups is 1. The van der Waals surface area contributed by atoms with Crippen molar-refractivity contribution in [2.75, 3.05) is 6.67 Å². The third-order valence-corrected chi connectivity index (χ3v) is 4.37. The lowest BCUT2D eigenvalue weighted by atomic mass is 10.0. The molecule has 0 aliphatic rings. The average Bonchev–Trinajstić information content (AvgIpc) is 2.54. The SMILES string of the molecule is CCCCCCCCCCCCCCCCC(F)(F)C(=O)CF. The standard InChI is InChI=1S/C19H35F3O/c1-2-3-4-5-6-7-8-9-10-11-12-13-14-15-16-19(21,22)18(23)17-20/h2-17H2,1H3. The van der Waals surface area contributed by atoms with Crippen LogP contribution >= 0.6 is 0 Å². The van der Waals surface area contributed by atoms with Crippen molar-refractivity contribution in [2.45, 2.75) is 109 Å². The van der Waals surface area contributed by atoms with E-state index in [9.17, 15) is 18.0 Å². The minimum absolute atomic E-state index is 0.302. The van der Waals surface area contributed by atoms with Gasteiger partial charge in [-0.05, 0) is 6.42 Å². The number of rotatable bonds is 17. The Morgan fingerprint density at radius 3 is 1.39 bits per heavy atom. The molecule has 0 aromatic heterocycles. The maximum absolute atomic E-state index is 13.1. The summed E-state index contributed by atoms with van der Waals surface area (Å²) in [4.78, 5) is 10.7. The molecule has 0 fully saturated rings. The monoisotopic (exact) mass is 336 g/mol. The molecule has 0 unspecified atom stereocenters. The zero-order valence-corrected chi connectivity index (χ0v) is 14.9. The molecular formula is C19H35F3O. The van der Waals surface area contributed by atoms with Crippen LogP contribution in [0.1, 0.15) is 103 Å². The average molecular weight is 336 g/mol. The normalized spacial score (nSPS) is 11.8. The van der Waals surface area contributed by atoms with E-state index in [2.05, 4.69) is 6.92 Å². The molecule has 0 aromatic carbocycles. The van der Waals surface area contributed by atoms with E-state index >= 15 is 0 Å². The van der Waals surface area contributed by atoms with Gasteiger partial charge in [-0.2, -0.15) is 8.78 Å². The molecule has 0 radical (unpaired) electrons. The molecule has 0 spiro atoms. The predicted octanol–water partition coefficient (Wildman–Crippen LogP) is 7.03. The van der Waals surface area contributed by atoms with Gasteiger partial charge >= 0.3 is 5.92 Å². The Morgan fingerprint density at radius 1 is 0.696 bits per heavy atom. The molecule has 0 atom stereocenters. The molecule has 0 rings (SSSR count). The number of hydrogen-bond acceptors (Lipinski definition) is 1. The van der Waals surface area contributed by atoms with Crippen molar-refractivity contribution in [3.63, 3.8) is 0 Å². The number of hydrogen-bond donors (Lipinski definition) is 0. The van der Waals surface area contributed by atoms with Crippen LogP contribution in [-0.4, -0.2) is 18.4 Å². The summed E-state index contributed by atoms with van der Waals surface area (Å²) in [6.45, 7) is 0.667. The maximum atomic E-state index is 13.1. The summed E-state index contributed by atoms with van der Waals surface area (Å²) in [5, 5.41) is 0. The topological polar surface area (TPSA) is 17.1 Å². The maximum Gasteiger partial charge on any atom is 0.307 e. The zero-order valence-electron chi connectivity index (χ0n) is 14.9. The first-order valence-corrected chi connectivity index (χ1v) is 9.51. The lowest BCUT2D eigenvalue weighted by molar-refractivity contribution is -0.145. The Bertz CT molecular complexity index is 280. The first-order chi connectivity index (χ1) is 11.0. The van der Waals surface area contributed by atoms with Crippen molar-refractivity contribution in [1.29, 1.82) is 0 Å². The van der Waals surface area contributed by atoms with Crippen molar-refractivity contribution in [3.05, 3.63) is 0 Å². The summed E-state index contributed by atoms with van der Waals surface area (Å²) in [6.07, 6.45) is 15.5. The van der Waals surface area contributed by atoms with Gasteiger partial charge < -0.3 is 0 Å². The van der Waals surface area contributed by atoms with Crippen LogP contribution in [0.25, 0.3) is 0 Å². The first-order valence-electron chi connectivity index (χ1n) is 9.51. The highest BCUT2D eigenvalue weighted by Crippen LogP contribution is 2.23. The molecule has 0 aromatic rings. The van der Waals surface area contributed by atoms with Crippen LogP contribution in [0.5, 0.6) is 0 Å². The first kappa shape index (κ1) is 22.5. The number of carbonyl (C=O) groups excluding carboxylic acids is 1. The Kier molecular flexibility index (Phi) is 14.7. The highest BCUT2D eigenvalue weighted by molar-refractivity contribution is 5.86. The third-order valence-electron chi connectivity index (χ3n) is 4.37. The van der Waals surface area contributed by atoms with Crippen LogP contribution in [-0.2, 0) is 4.79 Å².